The quantitative estimate of drug-likeness (QED) is 0.870. The number of halogens is 1. The van der Waals surface area contributed by atoms with Gasteiger partial charge in [0.25, 0.3) is 0 Å². The van der Waals surface area contributed by atoms with E-state index in [1.54, 1.807) is 13.8 Å². The van der Waals surface area contributed by atoms with Gasteiger partial charge in [-0.25, -0.2) is 12.8 Å². The minimum Gasteiger partial charge on any atom is -0.329 e. The normalized spacial score (nSPS) is 12.9. The zero-order chi connectivity index (χ0) is 14.7. The fourth-order valence-corrected chi connectivity index (χ4v) is 3.67. The van der Waals surface area contributed by atoms with Crippen molar-refractivity contribution in [2.45, 2.75) is 37.6 Å². The van der Waals surface area contributed by atoms with Gasteiger partial charge in [-0.2, -0.15) is 4.31 Å². The smallest absolute Gasteiger partial charge is 0.243 e. The third-order valence-electron chi connectivity index (χ3n) is 3.00. The van der Waals surface area contributed by atoms with Crippen LogP contribution in [0.4, 0.5) is 4.39 Å². The van der Waals surface area contributed by atoms with Crippen molar-refractivity contribution in [1.29, 1.82) is 0 Å². The van der Waals surface area contributed by atoms with Crippen molar-refractivity contribution in [1.82, 2.24) is 4.31 Å². The zero-order valence-electron chi connectivity index (χ0n) is 11.6. The molecule has 1 rings (SSSR count). The van der Waals surface area contributed by atoms with Crippen LogP contribution in [0.2, 0.25) is 0 Å². The topological polar surface area (TPSA) is 63.4 Å². The summed E-state index contributed by atoms with van der Waals surface area (Å²) in [7, 11) is -3.66. The van der Waals surface area contributed by atoms with Crippen LogP contribution in [0.25, 0.3) is 0 Å². The molecule has 0 heterocycles. The Morgan fingerprint density at radius 1 is 1.26 bits per heavy atom. The summed E-state index contributed by atoms with van der Waals surface area (Å²) in [4.78, 5) is 0.0869. The van der Waals surface area contributed by atoms with Crippen molar-refractivity contribution >= 4 is 10.0 Å². The fourth-order valence-electron chi connectivity index (χ4n) is 1.79. The Bertz CT molecular complexity index is 512. The first-order chi connectivity index (χ1) is 8.75. The van der Waals surface area contributed by atoms with Crippen molar-refractivity contribution < 1.29 is 12.8 Å². The summed E-state index contributed by atoms with van der Waals surface area (Å²) in [5.74, 6) is -0.459. The van der Waals surface area contributed by atoms with Crippen LogP contribution < -0.4 is 5.73 Å². The Morgan fingerprint density at radius 2 is 1.79 bits per heavy atom. The number of hydrogen-bond acceptors (Lipinski definition) is 3. The van der Waals surface area contributed by atoms with E-state index >= 15 is 0 Å². The lowest BCUT2D eigenvalue weighted by Crippen LogP contribution is -2.52. The summed E-state index contributed by atoms with van der Waals surface area (Å²) in [6, 6.07) is 4.85. The number of nitrogens with zero attached hydrogens (tertiary/aromatic N) is 1. The van der Waals surface area contributed by atoms with Crippen LogP contribution in [0.1, 0.15) is 27.2 Å². The third-order valence-corrected chi connectivity index (χ3v) is 5.13. The van der Waals surface area contributed by atoms with E-state index in [2.05, 4.69) is 0 Å². The van der Waals surface area contributed by atoms with Crippen molar-refractivity contribution in [2.24, 2.45) is 5.73 Å². The molecule has 1 aromatic carbocycles. The van der Waals surface area contributed by atoms with E-state index in [-0.39, 0.29) is 11.4 Å². The summed E-state index contributed by atoms with van der Waals surface area (Å²) in [5, 5.41) is 0. The van der Waals surface area contributed by atoms with Gasteiger partial charge in [0.1, 0.15) is 5.82 Å². The maximum absolute atomic E-state index is 12.9. The van der Waals surface area contributed by atoms with Crippen molar-refractivity contribution in [2.75, 3.05) is 13.1 Å². The molecule has 0 saturated carbocycles. The van der Waals surface area contributed by atoms with E-state index in [9.17, 15) is 12.8 Å². The third kappa shape index (κ3) is 3.52. The molecule has 6 heteroatoms. The first-order valence-electron chi connectivity index (χ1n) is 6.24. The van der Waals surface area contributed by atoms with Gasteiger partial charge in [0.15, 0.2) is 0 Å². The lowest BCUT2D eigenvalue weighted by Gasteiger charge is -2.36. The zero-order valence-corrected chi connectivity index (χ0v) is 12.4. The summed E-state index contributed by atoms with van der Waals surface area (Å²) in [5.41, 5.74) is 4.99. The van der Waals surface area contributed by atoms with E-state index in [4.69, 9.17) is 5.73 Å². The molecule has 0 aliphatic rings. The average molecular weight is 288 g/mol. The lowest BCUT2D eigenvalue weighted by atomic mass is 10.1. The predicted octanol–water partition coefficient (Wildman–Crippen LogP) is 1.96. The molecule has 0 amide bonds. The largest absolute Gasteiger partial charge is 0.329 e. The first-order valence-corrected chi connectivity index (χ1v) is 7.68. The van der Waals surface area contributed by atoms with Crippen LogP contribution in [0.5, 0.6) is 0 Å². The number of benzene rings is 1. The molecule has 0 radical (unpaired) electrons. The monoisotopic (exact) mass is 288 g/mol. The molecule has 2 N–H and O–H groups in total. The standard InChI is InChI=1S/C13H21FN2O2S/c1-4-9-16(13(2,3)10-15)19(17,18)12-7-5-11(14)6-8-12/h5-8H,4,9-10,15H2,1-3H3. The fraction of sp³-hybridized carbons (Fsp3) is 0.538. The SMILES string of the molecule is CCCN(C(C)(C)CN)S(=O)(=O)c1ccc(F)cc1. The van der Waals surface area contributed by atoms with Crippen LogP contribution in [-0.4, -0.2) is 31.4 Å². The van der Waals surface area contributed by atoms with Gasteiger partial charge in [-0.3, -0.25) is 0 Å². The molecule has 1 aromatic rings. The van der Waals surface area contributed by atoms with Gasteiger partial charge >= 0.3 is 0 Å². The van der Waals surface area contributed by atoms with E-state index in [0.717, 1.165) is 12.1 Å². The molecular weight excluding hydrogens is 267 g/mol. The minimum absolute atomic E-state index is 0.0869. The minimum atomic E-state index is -3.66. The van der Waals surface area contributed by atoms with Crippen molar-refractivity contribution in [3.05, 3.63) is 30.1 Å². The van der Waals surface area contributed by atoms with E-state index in [1.165, 1.54) is 16.4 Å². The van der Waals surface area contributed by atoms with Gasteiger partial charge in [0.2, 0.25) is 10.0 Å². The Hall–Kier alpha value is -0.980. The summed E-state index contributed by atoms with van der Waals surface area (Å²) in [6.45, 7) is 6.06. The summed E-state index contributed by atoms with van der Waals surface area (Å²) < 4.78 is 39.5. The number of rotatable bonds is 6. The predicted molar refractivity (Wildman–Crippen MR) is 73.7 cm³/mol. The highest BCUT2D eigenvalue weighted by Gasteiger charge is 2.35. The lowest BCUT2D eigenvalue weighted by molar-refractivity contribution is 0.235. The molecule has 0 unspecified atom stereocenters. The maximum Gasteiger partial charge on any atom is 0.243 e. The molecule has 19 heavy (non-hydrogen) atoms. The molecule has 0 aliphatic heterocycles. The molecular formula is C13H21FN2O2S. The maximum atomic E-state index is 12.9. The van der Waals surface area contributed by atoms with Gasteiger partial charge in [0.05, 0.1) is 4.90 Å². The van der Waals surface area contributed by atoms with Gasteiger partial charge in [-0.05, 0) is 44.5 Å². The second kappa shape index (κ2) is 5.98. The van der Waals surface area contributed by atoms with Crippen LogP contribution >= 0.6 is 0 Å². The first kappa shape index (κ1) is 16.1. The number of hydrogen-bond donors (Lipinski definition) is 1. The molecule has 4 nitrogen and oxygen atoms in total. The van der Waals surface area contributed by atoms with E-state index < -0.39 is 21.4 Å². The summed E-state index contributed by atoms with van der Waals surface area (Å²) in [6.07, 6.45) is 0.684. The second-order valence-corrected chi connectivity index (χ2v) is 6.91. The van der Waals surface area contributed by atoms with Crippen molar-refractivity contribution in [3.63, 3.8) is 0 Å². The highest BCUT2D eigenvalue weighted by atomic mass is 32.2. The molecule has 0 bridgehead atoms. The molecule has 0 atom stereocenters. The van der Waals surface area contributed by atoms with Gasteiger partial charge in [0, 0.05) is 18.6 Å². The molecule has 0 aliphatic carbocycles. The molecule has 108 valence electrons. The Morgan fingerprint density at radius 3 is 2.21 bits per heavy atom. The van der Waals surface area contributed by atoms with E-state index in [0.29, 0.717) is 13.0 Å². The van der Waals surface area contributed by atoms with Gasteiger partial charge in [-0.15, -0.1) is 0 Å². The molecule has 0 spiro atoms. The second-order valence-electron chi connectivity index (χ2n) is 5.05. The van der Waals surface area contributed by atoms with Gasteiger partial charge in [-0.1, -0.05) is 6.92 Å². The van der Waals surface area contributed by atoms with E-state index in [1.807, 2.05) is 6.92 Å². The Kier molecular flexibility index (Phi) is 5.06. The van der Waals surface area contributed by atoms with Crippen LogP contribution in [0.3, 0.4) is 0 Å². The molecule has 0 saturated heterocycles. The van der Waals surface area contributed by atoms with Crippen molar-refractivity contribution in [3.8, 4) is 0 Å². The number of nitrogens with two attached hydrogens (primary N) is 1. The highest BCUT2D eigenvalue weighted by Crippen LogP contribution is 2.24. The van der Waals surface area contributed by atoms with Gasteiger partial charge < -0.3 is 5.73 Å². The van der Waals surface area contributed by atoms with Crippen LogP contribution in [-0.2, 0) is 10.0 Å². The van der Waals surface area contributed by atoms with Crippen LogP contribution in [0.15, 0.2) is 29.2 Å². The average Bonchev–Trinajstić information content (AvgIpc) is 2.36. The Labute approximate surface area is 114 Å². The number of sulfonamides is 1. The highest BCUT2D eigenvalue weighted by molar-refractivity contribution is 7.89. The van der Waals surface area contributed by atoms with Crippen LogP contribution in [0, 0.1) is 5.82 Å². The Balaban J connectivity index is 3.24. The molecule has 0 aromatic heterocycles. The molecule has 0 fully saturated rings. The summed E-state index contributed by atoms with van der Waals surface area (Å²) >= 11 is 0.